The molecule has 0 saturated heterocycles. The molecule has 0 bridgehead atoms. The first-order valence-corrected chi connectivity index (χ1v) is 4.03. The van der Waals surface area contributed by atoms with E-state index in [0.717, 1.165) is 25.8 Å². The van der Waals surface area contributed by atoms with Gasteiger partial charge >= 0.3 is 0 Å². The first-order valence-electron chi connectivity index (χ1n) is 4.03. The van der Waals surface area contributed by atoms with Crippen LogP contribution < -0.4 is 5.32 Å². The van der Waals surface area contributed by atoms with Crippen molar-refractivity contribution >= 4 is 6.41 Å². The number of rotatable bonds is 7. The molecule has 0 fully saturated rings. The summed E-state index contributed by atoms with van der Waals surface area (Å²) in [4.78, 5) is 9.83. The van der Waals surface area contributed by atoms with Gasteiger partial charge in [-0.2, -0.15) is 0 Å². The summed E-state index contributed by atoms with van der Waals surface area (Å²) in [5.41, 5.74) is 0. The highest BCUT2D eigenvalue weighted by molar-refractivity contribution is 5.45. The maximum atomic E-state index is 9.83. The van der Waals surface area contributed by atoms with E-state index in [1.165, 1.54) is 0 Å². The molecular formula is C10H15NO. The summed E-state index contributed by atoms with van der Waals surface area (Å²) in [6.07, 6.45) is 12.3. The number of nitrogens with one attached hydrogen (secondary N) is 1. The summed E-state index contributed by atoms with van der Waals surface area (Å²) in [5, 5.41) is 2.60. The number of hydrogen-bond acceptors (Lipinski definition) is 1. The minimum absolute atomic E-state index is 0.724. The molecule has 0 saturated carbocycles. The van der Waals surface area contributed by atoms with Crippen LogP contribution in [0, 0.1) is 0 Å². The molecule has 12 heavy (non-hydrogen) atoms. The van der Waals surface area contributed by atoms with Crippen LogP contribution in [0.2, 0.25) is 0 Å². The van der Waals surface area contributed by atoms with E-state index < -0.39 is 0 Å². The molecule has 1 amide bonds. The fourth-order valence-corrected chi connectivity index (χ4v) is 0.698. The number of carbonyl (C=O) groups is 1. The van der Waals surface area contributed by atoms with E-state index in [1.54, 1.807) is 6.08 Å². The highest BCUT2D eigenvalue weighted by Gasteiger charge is 1.80. The molecule has 1 N–H and O–H groups in total. The van der Waals surface area contributed by atoms with Gasteiger partial charge in [0.2, 0.25) is 6.41 Å². The lowest BCUT2D eigenvalue weighted by Crippen LogP contribution is -2.11. The van der Waals surface area contributed by atoms with E-state index in [9.17, 15) is 4.79 Å². The van der Waals surface area contributed by atoms with E-state index in [4.69, 9.17) is 0 Å². The van der Waals surface area contributed by atoms with Crippen LogP contribution in [0.5, 0.6) is 0 Å². The Labute approximate surface area is 73.7 Å². The highest BCUT2D eigenvalue weighted by Crippen LogP contribution is 1.89. The number of carbonyl (C=O) groups excluding carboxylic acids is 1. The summed E-state index contributed by atoms with van der Waals surface area (Å²) in [7, 11) is 0. The lowest BCUT2D eigenvalue weighted by Gasteiger charge is -1.92. The number of allylic oxidation sites excluding steroid dienone is 5. The van der Waals surface area contributed by atoms with Crippen molar-refractivity contribution in [3.63, 3.8) is 0 Å². The minimum atomic E-state index is 0.724. The summed E-state index contributed by atoms with van der Waals surface area (Å²) >= 11 is 0. The second-order valence-electron chi connectivity index (χ2n) is 2.26. The van der Waals surface area contributed by atoms with Gasteiger partial charge in [0.05, 0.1) is 0 Å². The number of amides is 1. The van der Waals surface area contributed by atoms with Crippen molar-refractivity contribution < 1.29 is 4.79 Å². The topological polar surface area (TPSA) is 29.1 Å². The minimum Gasteiger partial charge on any atom is -0.359 e. The van der Waals surface area contributed by atoms with E-state index >= 15 is 0 Å². The molecular weight excluding hydrogens is 150 g/mol. The largest absolute Gasteiger partial charge is 0.359 e. The summed E-state index contributed by atoms with van der Waals surface area (Å²) in [5.74, 6) is 0. The van der Waals surface area contributed by atoms with Crippen LogP contribution in [0.15, 0.2) is 37.0 Å². The molecule has 0 aromatic carbocycles. The second-order valence-corrected chi connectivity index (χ2v) is 2.26. The predicted octanol–water partition coefficient (Wildman–Crippen LogP) is 1.81. The predicted molar refractivity (Wildman–Crippen MR) is 51.8 cm³/mol. The monoisotopic (exact) mass is 165 g/mol. The normalized spacial score (nSPS) is 10.7. The zero-order valence-electron chi connectivity index (χ0n) is 7.20. The zero-order valence-corrected chi connectivity index (χ0v) is 7.20. The molecule has 2 heteroatoms. The van der Waals surface area contributed by atoms with Crippen LogP contribution in [0.3, 0.4) is 0 Å². The lowest BCUT2D eigenvalue weighted by atomic mass is 10.3. The van der Waals surface area contributed by atoms with Gasteiger partial charge in [-0.05, 0) is 12.8 Å². The maximum absolute atomic E-state index is 9.83. The Morgan fingerprint density at radius 3 is 2.75 bits per heavy atom. The third kappa shape index (κ3) is 8.69. The Balaban J connectivity index is 3.18. The Morgan fingerprint density at radius 2 is 2.08 bits per heavy atom. The van der Waals surface area contributed by atoms with Crippen molar-refractivity contribution in [2.45, 2.75) is 12.8 Å². The molecule has 0 heterocycles. The van der Waals surface area contributed by atoms with Crippen molar-refractivity contribution in [3.05, 3.63) is 37.0 Å². The lowest BCUT2D eigenvalue weighted by molar-refractivity contribution is -0.109. The van der Waals surface area contributed by atoms with Crippen LogP contribution >= 0.6 is 0 Å². The molecule has 0 aliphatic carbocycles. The van der Waals surface area contributed by atoms with Crippen molar-refractivity contribution in [3.8, 4) is 0 Å². The van der Waals surface area contributed by atoms with Crippen molar-refractivity contribution in [2.75, 3.05) is 6.54 Å². The summed E-state index contributed by atoms with van der Waals surface area (Å²) < 4.78 is 0. The molecule has 66 valence electrons. The average molecular weight is 165 g/mol. The third-order valence-electron chi connectivity index (χ3n) is 1.27. The van der Waals surface area contributed by atoms with Gasteiger partial charge in [0.25, 0.3) is 0 Å². The Bertz CT molecular complexity index is 171. The van der Waals surface area contributed by atoms with E-state index in [-0.39, 0.29) is 0 Å². The van der Waals surface area contributed by atoms with Gasteiger partial charge < -0.3 is 5.32 Å². The molecule has 0 spiro atoms. The SMILES string of the molecule is C=C/C=C\C=C/CCCNC=O. The number of unbranched alkanes of at least 4 members (excludes halogenated alkanes) is 1. The molecule has 0 atom stereocenters. The third-order valence-corrected chi connectivity index (χ3v) is 1.27. The molecule has 0 rings (SSSR count). The molecule has 2 nitrogen and oxygen atoms in total. The van der Waals surface area contributed by atoms with Crippen LogP contribution in [0.25, 0.3) is 0 Å². The molecule has 0 aliphatic rings. The Morgan fingerprint density at radius 1 is 1.25 bits per heavy atom. The molecule has 0 radical (unpaired) electrons. The van der Waals surface area contributed by atoms with Gasteiger partial charge in [-0.25, -0.2) is 0 Å². The quantitative estimate of drug-likeness (QED) is 0.348. The van der Waals surface area contributed by atoms with E-state index in [2.05, 4.69) is 18.0 Å². The van der Waals surface area contributed by atoms with Gasteiger partial charge in [-0.15, -0.1) is 0 Å². The Kier molecular flexibility index (Phi) is 8.63. The van der Waals surface area contributed by atoms with Crippen LogP contribution in [-0.2, 0) is 4.79 Å². The Hall–Kier alpha value is -1.31. The zero-order chi connectivity index (χ0) is 9.07. The van der Waals surface area contributed by atoms with Gasteiger partial charge in [-0.3, -0.25) is 4.79 Å². The first-order chi connectivity index (χ1) is 5.91. The van der Waals surface area contributed by atoms with Crippen LogP contribution in [-0.4, -0.2) is 13.0 Å². The van der Waals surface area contributed by atoms with Gasteiger partial charge in [0.15, 0.2) is 0 Å². The van der Waals surface area contributed by atoms with Crippen LogP contribution in [0.1, 0.15) is 12.8 Å². The second kappa shape index (κ2) is 9.69. The van der Waals surface area contributed by atoms with E-state index in [1.807, 2.05) is 18.2 Å². The van der Waals surface area contributed by atoms with E-state index in [0.29, 0.717) is 0 Å². The molecule has 0 aromatic rings. The van der Waals surface area contributed by atoms with Crippen molar-refractivity contribution in [2.24, 2.45) is 0 Å². The fourth-order valence-electron chi connectivity index (χ4n) is 0.698. The number of hydrogen-bond donors (Lipinski definition) is 1. The van der Waals surface area contributed by atoms with Gasteiger partial charge in [0, 0.05) is 6.54 Å². The van der Waals surface area contributed by atoms with Crippen LogP contribution in [0.4, 0.5) is 0 Å². The van der Waals surface area contributed by atoms with Gasteiger partial charge in [-0.1, -0.05) is 37.0 Å². The van der Waals surface area contributed by atoms with Crippen molar-refractivity contribution in [1.82, 2.24) is 5.32 Å². The standard InChI is InChI=1S/C10H15NO/c1-2-3-4-5-6-7-8-9-11-10-12/h2-6,10H,1,7-9H2,(H,11,12)/b4-3-,6-5-. The molecule has 0 aliphatic heterocycles. The van der Waals surface area contributed by atoms with Gasteiger partial charge in [0.1, 0.15) is 0 Å². The molecule has 0 aromatic heterocycles. The average Bonchev–Trinajstić information content (AvgIpc) is 2.10. The smallest absolute Gasteiger partial charge is 0.207 e. The van der Waals surface area contributed by atoms with Crippen molar-refractivity contribution in [1.29, 1.82) is 0 Å². The summed E-state index contributed by atoms with van der Waals surface area (Å²) in [6, 6.07) is 0. The maximum Gasteiger partial charge on any atom is 0.207 e. The fraction of sp³-hybridized carbons (Fsp3) is 0.300. The molecule has 0 unspecified atom stereocenters. The highest BCUT2D eigenvalue weighted by atomic mass is 16.1. The summed E-state index contributed by atoms with van der Waals surface area (Å²) in [6.45, 7) is 4.30. The first kappa shape index (κ1) is 10.7.